The van der Waals surface area contributed by atoms with Gasteiger partial charge < -0.3 is 4.55 Å². The van der Waals surface area contributed by atoms with Gasteiger partial charge in [0.05, 0.1) is 4.90 Å². The van der Waals surface area contributed by atoms with E-state index in [1.807, 2.05) is 0 Å². The summed E-state index contributed by atoms with van der Waals surface area (Å²) in [4.78, 5) is 0.133. The molecule has 84 valence electrons. The van der Waals surface area contributed by atoms with Crippen molar-refractivity contribution in [1.29, 1.82) is 0 Å². The fraction of sp³-hybridized carbons (Fsp3) is 0.250. The average molecular weight is 251 g/mol. The molecule has 7 heteroatoms. The van der Waals surface area contributed by atoms with Crippen LogP contribution < -0.4 is 0 Å². The molecule has 1 aromatic carbocycles. The molecule has 15 heavy (non-hydrogen) atoms. The molecule has 0 saturated heterocycles. The number of rotatable bonds is 3. The lowest BCUT2D eigenvalue weighted by Gasteiger charge is -1.99. The molecule has 0 unspecified atom stereocenters. The van der Waals surface area contributed by atoms with Gasteiger partial charge >= 0.3 is 10.1 Å². The van der Waals surface area contributed by atoms with E-state index >= 15 is 0 Å². The van der Waals surface area contributed by atoms with Gasteiger partial charge in [-0.05, 0) is 17.7 Å². The Kier molecular flexibility index (Phi) is 3.17. The molecule has 0 bridgehead atoms. The van der Waals surface area contributed by atoms with Crippen molar-refractivity contribution in [3.63, 3.8) is 0 Å². The molecule has 0 aliphatic rings. The predicted molar refractivity (Wildman–Crippen MR) is 55.8 cm³/mol. The third kappa shape index (κ3) is 3.98. The van der Waals surface area contributed by atoms with Crippen LogP contribution in [0.2, 0.25) is 0 Å². The van der Waals surface area contributed by atoms with Gasteiger partial charge in [0.2, 0.25) is 0 Å². The molecular formula is C8H11O5S2+. The minimum atomic E-state index is -3.82. The molecule has 0 heterocycles. The molecule has 0 atom stereocenters. The number of sulfone groups is 1. The summed E-state index contributed by atoms with van der Waals surface area (Å²) in [5.74, 6) is -0.406. The van der Waals surface area contributed by atoms with Crippen molar-refractivity contribution in [3.8, 4) is 0 Å². The first-order valence-corrected chi connectivity index (χ1v) is 7.49. The lowest BCUT2D eigenvalue weighted by Crippen LogP contribution is -2.02. The predicted octanol–water partition coefficient (Wildman–Crippen LogP) is -0.355. The molecule has 0 amide bonds. The summed E-state index contributed by atoms with van der Waals surface area (Å²) in [5, 5.41) is 0. The van der Waals surface area contributed by atoms with Gasteiger partial charge in [-0.2, -0.15) is 8.42 Å². The van der Waals surface area contributed by atoms with E-state index in [0.717, 1.165) is 6.26 Å². The smallest absolute Gasteiger partial charge is 0.332 e. The summed E-state index contributed by atoms with van der Waals surface area (Å²) < 4.78 is 50.1. The molecule has 0 aliphatic carbocycles. The zero-order valence-corrected chi connectivity index (χ0v) is 9.60. The van der Waals surface area contributed by atoms with Gasteiger partial charge in [-0.1, -0.05) is 12.1 Å². The first-order chi connectivity index (χ1) is 6.68. The molecule has 1 rings (SSSR count). The van der Waals surface area contributed by atoms with Gasteiger partial charge in [0, 0.05) is 6.26 Å². The number of hydrogen-bond acceptors (Lipinski definition) is 4. The van der Waals surface area contributed by atoms with Crippen molar-refractivity contribution in [1.82, 2.24) is 0 Å². The molecule has 2 N–H and O–H groups in total. The second-order valence-electron chi connectivity index (χ2n) is 3.18. The highest BCUT2D eigenvalue weighted by Gasteiger charge is 2.12. The third-order valence-electron chi connectivity index (χ3n) is 1.71. The van der Waals surface area contributed by atoms with Crippen molar-refractivity contribution in [2.45, 2.75) is 10.6 Å². The van der Waals surface area contributed by atoms with Crippen molar-refractivity contribution in [2.75, 3.05) is 6.26 Å². The minimum Gasteiger partial charge on any atom is -0.332 e. The summed E-state index contributed by atoms with van der Waals surface area (Å²) in [6.45, 7) is 0. The Bertz CT molecular complexity index is 539. The molecule has 0 saturated carbocycles. The molecule has 0 aromatic heterocycles. The molecular weight excluding hydrogens is 240 g/mol. The van der Waals surface area contributed by atoms with Crippen molar-refractivity contribution in [2.24, 2.45) is 0 Å². The van der Waals surface area contributed by atoms with Gasteiger partial charge in [-0.25, -0.2) is 8.42 Å². The highest BCUT2D eigenvalue weighted by molar-refractivity contribution is 7.90. The maximum Gasteiger partial charge on any atom is 0.382 e. The Hall–Kier alpha value is -0.920. The highest BCUT2D eigenvalue weighted by Crippen LogP contribution is 2.11. The summed E-state index contributed by atoms with van der Waals surface area (Å²) >= 11 is 0. The summed E-state index contributed by atoms with van der Waals surface area (Å²) in [6.07, 6.45) is 1.07. The van der Waals surface area contributed by atoms with E-state index in [0.29, 0.717) is 5.56 Å². The quantitative estimate of drug-likeness (QED) is 0.686. The number of benzene rings is 1. The van der Waals surface area contributed by atoms with Crippen LogP contribution in [0, 0.1) is 0 Å². The molecule has 0 radical (unpaired) electrons. The van der Waals surface area contributed by atoms with E-state index < -0.39 is 25.7 Å². The van der Waals surface area contributed by atoms with E-state index in [-0.39, 0.29) is 4.90 Å². The van der Waals surface area contributed by atoms with Gasteiger partial charge in [0.25, 0.3) is 0 Å². The van der Waals surface area contributed by atoms with Crippen LogP contribution in [0.15, 0.2) is 29.2 Å². The van der Waals surface area contributed by atoms with Gasteiger partial charge in [0.1, 0.15) is 5.75 Å². The SMILES string of the molecule is CS(=O)(=O)c1ccc(CS(=O)(=O)[OH2+])cc1. The molecule has 0 spiro atoms. The van der Waals surface area contributed by atoms with Crippen LogP contribution in [0.1, 0.15) is 5.56 Å². The lowest BCUT2D eigenvalue weighted by atomic mass is 10.2. The third-order valence-corrected chi connectivity index (χ3v) is 3.55. The van der Waals surface area contributed by atoms with Gasteiger partial charge in [-0.3, -0.25) is 0 Å². The Labute approximate surface area is 88.4 Å². The van der Waals surface area contributed by atoms with Crippen LogP contribution in [-0.4, -0.2) is 27.6 Å². The van der Waals surface area contributed by atoms with Crippen LogP contribution >= 0.6 is 0 Å². The zero-order chi connectivity index (χ0) is 11.7. The van der Waals surface area contributed by atoms with Gasteiger partial charge in [-0.15, -0.1) is 0 Å². The van der Waals surface area contributed by atoms with E-state index in [2.05, 4.69) is 0 Å². The summed E-state index contributed by atoms with van der Waals surface area (Å²) in [7, 11) is -7.08. The monoisotopic (exact) mass is 251 g/mol. The standard InChI is InChI=1S/C8H10O5S2/c1-14(9,10)8-4-2-7(3-5-8)6-15(11,12)13/h2-5H,6H2,1H3,(H,11,12,13)/p+1. The molecule has 1 aromatic rings. The topological polar surface area (TPSA) is 91.2 Å². The van der Waals surface area contributed by atoms with Crippen LogP contribution in [0.5, 0.6) is 0 Å². The Morgan fingerprint density at radius 3 is 1.87 bits per heavy atom. The van der Waals surface area contributed by atoms with Crippen molar-refractivity contribution < 1.29 is 21.4 Å². The summed E-state index contributed by atoms with van der Waals surface area (Å²) in [6, 6.07) is 5.44. The normalized spacial score (nSPS) is 12.7. The molecule has 0 fully saturated rings. The Balaban J connectivity index is 3.02. The number of hydrogen-bond donors (Lipinski definition) is 0. The molecule has 0 aliphatic heterocycles. The van der Waals surface area contributed by atoms with E-state index in [9.17, 15) is 16.8 Å². The van der Waals surface area contributed by atoms with E-state index in [1.54, 1.807) is 0 Å². The fourth-order valence-electron chi connectivity index (χ4n) is 1.05. The van der Waals surface area contributed by atoms with Crippen LogP contribution in [0.3, 0.4) is 0 Å². The maximum atomic E-state index is 11.1. The van der Waals surface area contributed by atoms with Crippen LogP contribution in [0.25, 0.3) is 0 Å². The Morgan fingerprint density at radius 2 is 1.53 bits per heavy atom. The highest BCUT2D eigenvalue weighted by atomic mass is 32.2. The Morgan fingerprint density at radius 1 is 1.07 bits per heavy atom. The van der Waals surface area contributed by atoms with Crippen LogP contribution in [0.4, 0.5) is 0 Å². The first kappa shape index (κ1) is 12.2. The van der Waals surface area contributed by atoms with E-state index in [4.69, 9.17) is 4.55 Å². The second-order valence-corrected chi connectivity index (χ2v) is 6.71. The average Bonchev–Trinajstić information content (AvgIpc) is 2.00. The largest absolute Gasteiger partial charge is 0.382 e. The summed E-state index contributed by atoms with van der Waals surface area (Å²) in [5.41, 5.74) is 0.400. The maximum absolute atomic E-state index is 11.1. The molecule has 5 nitrogen and oxygen atoms in total. The van der Waals surface area contributed by atoms with E-state index in [1.165, 1.54) is 24.3 Å². The fourth-order valence-corrected chi connectivity index (χ4v) is 2.31. The minimum absolute atomic E-state index is 0.133. The van der Waals surface area contributed by atoms with Crippen molar-refractivity contribution in [3.05, 3.63) is 29.8 Å². The second kappa shape index (κ2) is 3.92. The lowest BCUT2D eigenvalue weighted by molar-refractivity contribution is 0.482. The van der Waals surface area contributed by atoms with Crippen molar-refractivity contribution >= 4 is 20.0 Å². The zero-order valence-electron chi connectivity index (χ0n) is 7.97. The van der Waals surface area contributed by atoms with Gasteiger partial charge in [0.15, 0.2) is 9.84 Å². The van der Waals surface area contributed by atoms with Crippen LogP contribution in [-0.2, 0) is 25.7 Å². The first-order valence-electron chi connectivity index (χ1n) is 3.95.